The third-order valence-electron chi connectivity index (χ3n) is 4.40. The summed E-state index contributed by atoms with van der Waals surface area (Å²) in [6.45, 7) is 4.29. The number of rotatable bonds is 10. The van der Waals surface area contributed by atoms with Gasteiger partial charge in [-0.25, -0.2) is 4.79 Å². The lowest BCUT2D eigenvalue weighted by Crippen LogP contribution is -2.15. The summed E-state index contributed by atoms with van der Waals surface area (Å²) in [4.78, 5) is 12.2. The van der Waals surface area contributed by atoms with E-state index in [0.717, 1.165) is 24.8 Å². The molecule has 0 aliphatic rings. The molecule has 0 heterocycles. The lowest BCUT2D eigenvalue weighted by atomic mass is 10.1. The van der Waals surface area contributed by atoms with Gasteiger partial charge in [-0.1, -0.05) is 82.0 Å². The molecule has 0 aliphatic heterocycles. The van der Waals surface area contributed by atoms with Crippen LogP contribution >= 0.6 is 0 Å². The van der Waals surface area contributed by atoms with E-state index in [9.17, 15) is 4.79 Å². The minimum absolute atomic E-state index is 0.272. The fourth-order valence-corrected chi connectivity index (χ4v) is 2.94. The van der Waals surface area contributed by atoms with E-state index in [-0.39, 0.29) is 6.10 Å². The predicted molar refractivity (Wildman–Crippen MR) is 105 cm³/mol. The Morgan fingerprint density at radius 3 is 2.27 bits per heavy atom. The smallest absolute Gasteiger partial charge is 0.426 e. The van der Waals surface area contributed by atoms with Gasteiger partial charge in [0.2, 0.25) is 0 Å². The number of benzene rings is 2. The standard InChI is InChI=1S/C23H30O3/c1-3-5-6-8-12-19-15-17-21(18-16-19)25-23(24)26-22(11-4-2)20-13-9-7-10-14-20/h7,9-10,13-18,22H,3-6,8,11-12H2,1-2H3. The highest BCUT2D eigenvalue weighted by atomic mass is 16.7. The summed E-state index contributed by atoms with van der Waals surface area (Å²) in [7, 11) is 0. The fraction of sp³-hybridized carbons (Fsp3) is 0.435. The van der Waals surface area contributed by atoms with Gasteiger partial charge in [0, 0.05) is 0 Å². The Hall–Kier alpha value is -2.29. The van der Waals surface area contributed by atoms with Crippen LogP contribution in [-0.2, 0) is 11.2 Å². The Labute approximate surface area is 157 Å². The first-order chi connectivity index (χ1) is 12.7. The average Bonchev–Trinajstić information content (AvgIpc) is 2.67. The molecule has 0 amide bonds. The summed E-state index contributed by atoms with van der Waals surface area (Å²) < 4.78 is 10.9. The molecule has 1 atom stereocenters. The predicted octanol–water partition coefficient (Wildman–Crippen LogP) is 6.87. The highest BCUT2D eigenvalue weighted by Crippen LogP contribution is 2.24. The molecule has 0 spiro atoms. The second-order valence-corrected chi connectivity index (χ2v) is 6.61. The summed E-state index contributed by atoms with van der Waals surface area (Å²) >= 11 is 0. The van der Waals surface area contributed by atoms with Crippen LogP contribution in [0, 0.1) is 0 Å². The molecule has 0 N–H and O–H groups in total. The number of carbonyl (C=O) groups is 1. The van der Waals surface area contributed by atoms with Crippen molar-refractivity contribution in [1.29, 1.82) is 0 Å². The van der Waals surface area contributed by atoms with E-state index < -0.39 is 6.16 Å². The zero-order valence-electron chi connectivity index (χ0n) is 15.9. The van der Waals surface area contributed by atoms with Crippen LogP contribution in [0.2, 0.25) is 0 Å². The van der Waals surface area contributed by atoms with Crippen molar-refractivity contribution in [1.82, 2.24) is 0 Å². The maximum atomic E-state index is 12.2. The minimum Gasteiger partial charge on any atom is -0.426 e. The summed E-state index contributed by atoms with van der Waals surface area (Å²) in [6.07, 6.45) is 6.84. The zero-order valence-corrected chi connectivity index (χ0v) is 15.9. The molecule has 2 rings (SSSR count). The van der Waals surface area contributed by atoms with Crippen molar-refractivity contribution >= 4 is 6.16 Å². The summed E-state index contributed by atoms with van der Waals surface area (Å²) in [5.41, 5.74) is 2.27. The van der Waals surface area contributed by atoms with Crippen molar-refractivity contribution in [2.24, 2.45) is 0 Å². The number of aryl methyl sites for hydroxylation is 1. The summed E-state index contributed by atoms with van der Waals surface area (Å²) in [5, 5.41) is 0. The molecule has 0 fully saturated rings. The third kappa shape index (κ3) is 6.91. The quantitative estimate of drug-likeness (QED) is 0.265. The Morgan fingerprint density at radius 2 is 1.62 bits per heavy atom. The van der Waals surface area contributed by atoms with Gasteiger partial charge in [-0.3, -0.25) is 0 Å². The van der Waals surface area contributed by atoms with E-state index in [0.29, 0.717) is 5.75 Å². The van der Waals surface area contributed by atoms with Gasteiger partial charge in [0.25, 0.3) is 0 Å². The first kappa shape index (κ1) is 20.0. The number of carbonyl (C=O) groups excluding carboxylic acids is 1. The Morgan fingerprint density at radius 1 is 0.885 bits per heavy atom. The Kier molecular flexibility index (Phi) is 8.74. The van der Waals surface area contributed by atoms with E-state index >= 15 is 0 Å². The van der Waals surface area contributed by atoms with Crippen LogP contribution in [-0.4, -0.2) is 6.16 Å². The number of hydrogen-bond donors (Lipinski definition) is 0. The lowest BCUT2D eigenvalue weighted by Gasteiger charge is -2.17. The molecular weight excluding hydrogens is 324 g/mol. The number of ether oxygens (including phenoxy) is 2. The van der Waals surface area contributed by atoms with Crippen LogP contribution in [0.4, 0.5) is 4.79 Å². The Bertz CT molecular complexity index is 634. The van der Waals surface area contributed by atoms with Crippen LogP contribution in [0.15, 0.2) is 54.6 Å². The van der Waals surface area contributed by atoms with Crippen molar-refractivity contribution in [3.63, 3.8) is 0 Å². The second-order valence-electron chi connectivity index (χ2n) is 6.61. The van der Waals surface area contributed by atoms with Crippen molar-refractivity contribution < 1.29 is 14.3 Å². The summed E-state index contributed by atoms with van der Waals surface area (Å²) in [5.74, 6) is 0.524. The fourth-order valence-electron chi connectivity index (χ4n) is 2.94. The monoisotopic (exact) mass is 354 g/mol. The lowest BCUT2D eigenvalue weighted by molar-refractivity contribution is 0.0537. The minimum atomic E-state index is -0.650. The molecule has 3 nitrogen and oxygen atoms in total. The maximum absolute atomic E-state index is 12.2. The molecule has 0 saturated heterocycles. The molecular formula is C23H30O3. The van der Waals surface area contributed by atoms with Gasteiger partial charge < -0.3 is 9.47 Å². The van der Waals surface area contributed by atoms with Crippen molar-refractivity contribution in [3.8, 4) is 5.75 Å². The van der Waals surface area contributed by atoms with Crippen molar-refractivity contribution in [2.45, 2.75) is 64.9 Å². The van der Waals surface area contributed by atoms with Gasteiger partial charge >= 0.3 is 6.16 Å². The van der Waals surface area contributed by atoms with Crippen LogP contribution in [0.3, 0.4) is 0 Å². The van der Waals surface area contributed by atoms with E-state index in [2.05, 4.69) is 13.8 Å². The number of unbranched alkanes of at least 4 members (excludes halogenated alkanes) is 3. The molecule has 3 heteroatoms. The maximum Gasteiger partial charge on any atom is 0.514 e. The number of hydrogen-bond acceptors (Lipinski definition) is 3. The molecule has 140 valence electrons. The average molecular weight is 354 g/mol. The second kappa shape index (κ2) is 11.3. The third-order valence-corrected chi connectivity index (χ3v) is 4.40. The molecule has 2 aromatic rings. The highest BCUT2D eigenvalue weighted by molar-refractivity contribution is 5.64. The van der Waals surface area contributed by atoms with Crippen LogP contribution in [0.25, 0.3) is 0 Å². The Balaban J connectivity index is 1.86. The van der Waals surface area contributed by atoms with E-state index in [4.69, 9.17) is 9.47 Å². The largest absolute Gasteiger partial charge is 0.514 e. The van der Waals surface area contributed by atoms with Gasteiger partial charge in [0.05, 0.1) is 0 Å². The van der Waals surface area contributed by atoms with Crippen LogP contribution in [0.5, 0.6) is 5.75 Å². The SMILES string of the molecule is CCCCCCc1ccc(OC(=O)OC(CCC)c2ccccc2)cc1. The highest BCUT2D eigenvalue weighted by Gasteiger charge is 2.17. The summed E-state index contributed by atoms with van der Waals surface area (Å²) in [6, 6.07) is 17.5. The van der Waals surface area contributed by atoms with E-state index in [1.807, 2.05) is 54.6 Å². The van der Waals surface area contributed by atoms with Gasteiger partial charge in [0.15, 0.2) is 0 Å². The van der Waals surface area contributed by atoms with Crippen molar-refractivity contribution in [3.05, 3.63) is 65.7 Å². The van der Waals surface area contributed by atoms with Crippen LogP contribution < -0.4 is 4.74 Å². The first-order valence-corrected chi connectivity index (χ1v) is 9.75. The normalized spacial score (nSPS) is 11.8. The molecule has 26 heavy (non-hydrogen) atoms. The molecule has 1 unspecified atom stereocenters. The molecule has 0 aliphatic carbocycles. The first-order valence-electron chi connectivity index (χ1n) is 9.75. The van der Waals surface area contributed by atoms with Gasteiger partial charge in [-0.2, -0.15) is 0 Å². The topological polar surface area (TPSA) is 35.5 Å². The molecule has 0 aromatic heterocycles. The van der Waals surface area contributed by atoms with Gasteiger partial charge in [-0.15, -0.1) is 0 Å². The van der Waals surface area contributed by atoms with Crippen molar-refractivity contribution in [2.75, 3.05) is 0 Å². The molecule has 2 aromatic carbocycles. The molecule has 0 saturated carbocycles. The van der Waals surface area contributed by atoms with E-state index in [1.165, 1.54) is 31.2 Å². The molecule has 0 bridgehead atoms. The van der Waals surface area contributed by atoms with E-state index in [1.54, 1.807) is 0 Å². The van der Waals surface area contributed by atoms with Gasteiger partial charge in [0.1, 0.15) is 11.9 Å². The van der Waals surface area contributed by atoms with Crippen LogP contribution in [0.1, 0.15) is 69.6 Å². The van der Waals surface area contributed by atoms with Gasteiger partial charge in [-0.05, 0) is 42.5 Å². The molecule has 0 radical (unpaired) electrons. The zero-order chi connectivity index (χ0) is 18.6.